The molecule has 1 unspecified atom stereocenters. The number of amides is 1. The molecular weight excluding hydrogens is 376 g/mol. The zero-order valence-corrected chi connectivity index (χ0v) is 16.2. The van der Waals surface area contributed by atoms with Gasteiger partial charge in [0.1, 0.15) is 5.75 Å². The van der Waals surface area contributed by atoms with Crippen LogP contribution in [0.3, 0.4) is 0 Å². The molecule has 142 valence electrons. The topological polar surface area (TPSA) is 101 Å². The van der Waals surface area contributed by atoms with E-state index in [2.05, 4.69) is 15.5 Å². The number of nitrogens with zero attached hydrogens (tertiary/aromatic N) is 3. The zero-order chi connectivity index (χ0) is 19.9. The normalized spacial score (nSPS) is 11.5. The molecule has 0 bridgehead atoms. The molecule has 1 heterocycles. The fraction of sp³-hybridized carbons (Fsp3) is 0.200. The fourth-order valence-corrected chi connectivity index (χ4v) is 3.01. The van der Waals surface area contributed by atoms with Crippen LogP contribution in [-0.4, -0.2) is 21.4 Å². The summed E-state index contributed by atoms with van der Waals surface area (Å²) < 4.78 is 11.2. The number of anilines is 1. The summed E-state index contributed by atoms with van der Waals surface area (Å²) in [6.07, 6.45) is 0. The second kappa shape index (κ2) is 9.06. The molecule has 0 aliphatic heterocycles. The predicted molar refractivity (Wildman–Crippen MR) is 105 cm³/mol. The summed E-state index contributed by atoms with van der Waals surface area (Å²) in [4.78, 5) is 12.3. The van der Waals surface area contributed by atoms with Crippen molar-refractivity contribution in [3.63, 3.8) is 0 Å². The Hall–Kier alpha value is -3.31. The number of aromatic nitrogens is 2. The Bertz CT molecular complexity index is 1010. The van der Waals surface area contributed by atoms with Crippen LogP contribution in [0.2, 0.25) is 0 Å². The number of ether oxygens (including phenoxy) is 1. The van der Waals surface area contributed by atoms with Crippen LogP contribution >= 0.6 is 11.8 Å². The highest BCUT2D eigenvalue weighted by atomic mass is 32.2. The van der Waals surface area contributed by atoms with Crippen LogP contribution in [0.1, 0.15) is 23.9 Å². The minimum absolute atomic E-state index is 0.151. The highest BCUT2D eigenvalue weighted by Gasteiger charge is 2.19. The van der Waals surface area contributed by atoms with Gasteiger partial charge in [-0.3, -0.25) is 4.79 Å². The smallest absolute Gasteiger partial charge is 0.277 e. The second-order valence-corrected chi connectivity index (χ2v) is 7.30. The fourth-order valence-electron chi connectivity index (χ4n) is 2.31. The lowest BCUT2D eigenvalue weighted by Crippen LogP contribution is -2.22. The van der Waals surface area contributed by atoms with Gasteiger partial charge < -0.3 is 14.5 Å². The maximum absolute atomic E-state index is 12.3. The summed E-state index contributed by atoms with van der Waals surface area (Å²) >= 11 is 1.15. The monoisotopic (exact) mass is 394 g/mol. The number of thioether (sulfide) groups is 1. The average Bonchev–Trinajstić information content (AvgIpc) is 3.14. The molecule has 1 atom stereocenters. The van der Waals surface area contributed by atoms with Gasteiger partial charge in [-0.2, -0.15) is 5.26 Å². The first-order chi connectivity index (χ1) is 13.5. The third-order valence-corrected chi connectivity index (χ3v) is 4.64. The molecule has 8 heteroatoms. The van der Waals surface area contributed by atoms with Gasteiger partial charge in [-0.25, -0.2) is 0 Å². The number of aryl methyl sites for hydroxylation is 1. The van der Waals surface area contributed by atoms with E-state index < -0.39 is 5.25 Å². The molecule has 0 saturated carbocycles. The highest BCUT2D eigenvalue weighted by Crippen LogP contribution is 2.24. The number of nitrogens with one attached hydrogen (secondary N) is 1. The van der Waals surface area contributed by atoms with Crippen molar-refractivity contribution in [1.29, 1.82) is 5.26 Å². The molecule has 0 spiro atoms. The van der Waals surface area contributed by atoms with Crippen molar-refractivity contribution in [3.05, 3.63) is 65.5 Å². The van der Waals surface area contributed by atoms with E-state index in [-0.39, 0.29) is 17.7 Å². The summed E-state index contributed by atoms with van der Waals surface area (Å²) in [6.45, 7) is 3.87. The van der Waals surface area contributed by atoms with Crippen molar-refractivity contribution in [1.82, 2.24) is 10.2 Å². The van der Waals surface area contributed by atoms with Crippen LogP contribution < -0.4 is 10.1 Å². The SMILES string of the molecule is Cc1cccc(OCc2nnc(SC(C)C(=O)Nc3cccc(C#N)c3)o2)c1. The Balaban J connectivity index is 1.53. The molecule has 1 amide bonds. The maximum atomic E-state index is 12.3. The van der Waals surface area contributed by atoms with E-state index >= 15 is 0 Å². The number of rotatable bonds is 7. The van der Waals surface area contributed by atoms with Crippen molar-refractivity contribution < 1.29 is 13.9 Å². The van der Waals surface area contributed by atoms with E-state index in [1.807, 2.05) is 37.3 Å². The van der Waals surface area contributed by atoms with Gasteiger partial charge in [-0.15, -0.1) is 10.2 Å². The lowest BCUT2D eigenvalue weighted by Gasteiger charge is -2.10. The van der Waals surface area contributed by atoms with E-state index in [1.165, 1.54) is 0 Å². The Morgan fingerprint density at radius 2 is 2.11 bits per heavy atom. The number of carbonyl (C=O) groups is 1. The summed E-state index contributed by atoms with van der Waals surface area (Å²) in [7, 11) is 0. The quantitative estimate of drug-likeness (QED) is 0.606. The minimum atomic E-state index is -0.461. The highest BCUT2D eigenvalue weighted by molar-refractivity contribution is 8.00. The maximum Gasteiger partial charge on any atom is 0.277 e. The third kappa shape index (κ3) is 5.34. The van der Waals surface area contributed by atoms with Crippen LogP contribution in [0.25, 0.3) is 0 Å². The van der Waals surface area contributed by atoms with Crippen molar-refractivity contribution in [2.45, 2.75) is 30.9 Å². The number of nitriles is 1. The Kier molecular flexibility index (Phi) is 6.29. The molecule has 3 aromatic rings. The van der Waals surface area contributed by atoms with Gasteiger partial charge in [0.15, 0.2) is 6.61 Å². The molecule has 3 rings (SSSR count). The van der Waals surface area contributed by atoms with Gasteiger partial charge in [0, 0.05) is 5.69 Å². The van der Waals surface area contributed by atoms with Crippen molar-refractivity contribution in [2.24, 2.45) is 0 Å². The number of benzene rings is 2. The number of hydrogen-bond acceptors (Lipinski definition) is 7. The van der Waals surface area contributed by atoms with Gasteiger partial charge in [-0.05, 0) is 49.7 Å². The molecule has 0 saturated heterocycles. The first-order valence-electron chi connectivity index (χ1n) is 8.53. The predicted octanol–water partition coefficient (Wildman–Crippen LogP) is 3.95. The second-order valence-electron chi connectivity index (χ2n) is 6.01. The van der Waals surface area contributed by atoms with Crippen molar-refractivity contribution in [2.75, 3.05) is 5.32 Å². The van der Waals surface area contributed by atoms with Gasteiger partial charge in [-0.1, -0.05) is 30.0 Å². The Morgan fingerprint density at radius 1 is 1.29 bits per heavy atom. The van der Waals surface area contributed by atoms with Crippen LogP contribution in [0.4, 0.5) is 5.69 Å². The van der Waals surface area contributed by atoms with Crippen LogP contribution in [-0.2, 0) is 11.4 Å². The molecule has 0 radical (unpaired) electrons. The summed E-state index contributed by atoms with van der Waals surface area (Å²) in [5.74, 6) is 0.828. The molecule has 0 fully saturated rings. The van der Waals surface area contributed by atoms with Crippen molar-refractivity contribution >= 4 is 23.4 Å². The molecule has 7 nitrogen and oxygen atoms in total. The third-order valence-electron chi connectivity index (χ3n) is 3.71. The number of carbonyl (C=O) groups excluding carboxylic acids is 1. The minimum Gasteiger partial charge on any atom is -0.484 e. The lowest BCUT2D eigenvalue weighted by atomic mass is 10.2. The lowest BCUT2D eigenvalue weighted by molar-refractivity contribution is -0.115. The standard InChI is InChI=1S/C20H18N4O3S/c1-13-5-3-8-17(9-13)26-12-18-23-24-20(27-18)28-14(2)19(25)22-16-7-4-6-15(10-16)11-21/h3-10,14H,12H2,1-2H3,(H,22,25). The summed E-state index contributed by atoms with van der Waals surface area (Å²) in [5, 5.41) is 19.4. The van der Waals surface area contributed by atoms with E-state index in [0.29, 0.717) is 17.1 Å². The Labute approximate surface area is 166 Å². The average molecular weight is 394 g/mol. The van der Waals surface area contributed by atoms with Crippen molar-refractivity contribution in [3.8, 4) is 11.8 Å². The molecule has 0 aliphatic rings. The van der Waals surface area contributed by atoms with E-state index in [4.69, 9.17) is 14.4 Å². The largest absolute Gasteiger partial charge is 0.484 e. The van der Waals surface area contributed by atoms with Gasteiger partial charge >= 0.3 is 0 Å². The van der Waals surface area contributed by atoms with Crippen LogP contribution in [0.15, 0.2) is 58.2 Å². The molecular formula is C20H18N4O3S. The van der Waals surface area contributed by atoms with E-state index in [0.717, 1.165) is 23.1 Å². The first kappa shape index (κ1) is 19.5. The Morgan fingerprint density at radius 3 is 2.89 bits per heavy atom. The van der Waals surface area contributed by atoms with Gasteiger partial charge in [0.2, 0.25) is 5.91 Å². The summed E-state index contributed by atoms with van der Waals surface area (Å²) in [5.41, 5.74) is 2.14. The van der Waals surface area contributed by atoms with Gasteiger partial charge in [0.25, 0.3) is 11.1 Å². The zero-order valence-electron chi connectivity index (χ0n) is 15.4. The van der Waals surface area contributed by atoms with E-state index in [9.17, 15) is 4.79 Å². The van der Waals surface area contributed by atoms with Gasteiger partial charge in [0.05, 0.1) is 16.9 Å². The first-order valence-corrected chi connectivity index (χ1v) is 9.41. The van der Waals surface area contributed by atoms with E-state index in [1.54, 1.807) is 31.2 Å². The molecule has 28 heavy (non-hydrogen) atoms. The molecule has 1 N–H and O–H groups in total. The molecule has 1 aromatic heterocycles. The molecule has 0 aliphatic carbocycles. The van der Waals surface area contributed by atoms with Crippen LogP contribution in [0.5, 0.6) is 5.75 Å². The number of hydrogen-bond donors (Lipinski definition) is 1. The van der Waals surface area contributed by atoms with Crippen LogP contribution in [0, 0.1) is 18.3 Å². The summed E-state index contributed by atoms with van der Waals surface area (Å²) in [6, 6.07) is 16.4. The molecule has 2 aromatic carbocycles.